The Labute approximate surface area is 79.3 Å². The highest BCUT2D eigenvalue weighted by molar-refractivity contribution is 5.56. The number of rotatable bonds is 2. The van der Waals surface area contributed by atoms with Crippen LogP contribution in [0.15, 0.2) is 31.1 Å². The van der Waals surface area contributed by atoms with E-state index in [0.717, 1.165) is 5.56 Å². The Morgan fingerprint density at radius 3 is 2.62 bits per heavy atom. The normalized spacial score (nSPS) is 11.0. The molecule has 1 aromatic rings. The predicted molar refractivity (Wildman–Crippen MR) is 54.1 cm³/mol. The van der Waals surface area contributed by atoms with Gasteiger partial charge >= 0.3 is 0 Å². The van der Waals surface area contributed by atoms with Gasteiger partial charge in [-0.1, -0.05) is 6.58 Å². The smallest absolute Gasteiger partial charge is 0.121 e. The molecule has 2 nitrogen and oxygen atoms in total. The minimum Gasteiger partial charge on any atom is -0.488 e. The SMILES string of the molecule is C=C(OC(C)(C)C)c1cccnc1. The number of hydrogen-bond acceptors (Lipinski definition) is 2. The molecule has 0 saturated carbocycles. The molecule has 0 radical (unpaired) electrons. The second-order valence-electron chi connectivity index (χ2n) is 3.88. The van der Waals surface area contributed by atoms with Crippen LogP contribution in [0, 0.1) is 0 Å². The van der Waals surface area contributed by atoms with E-state index in [1.807, 2.05) is 32.9 Å². The second kappa shape index (κ2) is 3.60. The number of ether oxygens (including phenoxy) is 1. The van der Waals surface area contributed by atoms with Gasteiger partial charge in [0.25, 0.3) is 0 Å². The van der Waals surface area contributed by atoms with E-state index in [-0.39, 0.29) is 5.60 Å². The van der Waals surface area contributed by atoms with Gasteiger partial charge in [0.15, 0.2) is 0 Å². The Morgan fingerprint density at radius 2 is 2.15 bits per heavy atom. The van der Waals surface area contributed by atoms with Crippen molar-refractivity contribution in [1.29, 1.82) is 0 Å². The maximum Gasteiger partial charge on any atom is 0.121 e. The van der Waals surface area contributed by atoms with Crippen LogP contribution in [0.1, 0.15) is 26.3 Å². The van der Waals surface area contributed by atoms with Crippen LogP contribution in [0.25, 0.3) is 5.76 Å². The molecule has 0 unspecified atom stereocenters. The summed E-state index contributed by atoms with van der Waals surface area (Å²) in [5, 5.41) is 0. The average molecular weight is 177 g/mol. The standard InChI is InChI=1S/C11H15NO/c1-9(13-11(2,3)4)10-6-5-7-12-8-10/h5-8H,1H2,2-4H3. The van der Waals surface area contributed by atoms with Gasteiger partial charge < -0.3 is 4.74 Å². The van der Waals surface area contributed by atoms with Crippen LogP contribution in [0.5, 0.6) is 0 Å². The second-order valence-corrected chi connectivity index (χ2v) is 3.88. The first-order chi connectivity index (χ1) is 5.99. The molecule has 70 valence electrons. The Morgan fingerprint density at radius 1 is 1.46 bits per heavy atom. The molecule has 0 bridgehead atoms. The van der Waals surface area contributed by atoms with Crippen LogP contribution in [-0.2, 0) is 4.74 Å². The van der Waals surface area contributed by atoms with Crippen molar-refractivity contribution in [2.75, 3.05) is 0 Å². The largest absolute Gasteiger partial charge is 0.488 e. The molecular weight excluding hydrogens is 162 g/mol. The van der Waals surface area contributed by atoms with Crippen LogP contribution in [-0.4, -0.2) is 10.6 Å². The Balaban J connectivity index is 2.71. The quantitative estimate of drug-likeness (QED) is 0.648. The van der Waals surface area contributed by atoms with Crippen molar-refractivity contribution in [2.24, 2.45) is 0 Å². The van der Waals surface area contributed by atoms with E-state index in [2.05, 4.69) is 11.6 Å². The van der Waals surface area contributed by atoms with Crippen molar-refractivity contribution in [1.82, 2.24) is 4.98 Å². The first-order valence-electron chi connectivity index (χ1n) is 4.27. The Hall–Kier alpha value is -1.31. The predicted octanol–water partition coefficient (Wildman–Crippen LogP) is 2.87. The van der Waals surface area contributed by atoms with Crippen molar-refractivity contribution >= 4 is 5.76 Å². The number of aromatic nitrogens is 1. The van der Waals surface area contributed by atoms with Crippen LogP contribution in [0.3, 0.4) is 0 Å². The van der Waals surface area contributed by atoms with E-state index < -0.39 is 0 Å². The lowest BCUT2D eigenvalue weighted by Crippen LogP contribution is -2.17. The van der Waals surface area contributed by atoms with E-state index >= 15 is 0 Å². The lowest BCUT2D eigenvalue weighted by Gasteiger charge is -2.22. The summed E-state index contributed by atoms with van der Waals surface area (Å²) in [5.41, 5.74) is 0.727. The average Bonchev–Trinajstić information content (AvgIpc) is 2.03. The van der Waals surface area contributed by atoms with Gasteiger partial charge in [-0.05, 0) is 32.9 Å². The highest BCUT2D eigenvalue weighted by Crippen LogP contribution is 2.19. The van der Waals surface area contributed by atoms with Crippen LogP contribution < -0.4 is 0 Å². The van der Waals surface area contributed by atoms with Gasteiger partial charge in [-0.15, -0.1) is 0 Å². The Bertz CT molecular complexity index is 285. The lowest BCUT2D eigenvalue weighted by molar-refractivity contribution is 0.0976. The summed E-state index contributed by atoms with van der Waals surface area (Å²) in [6, 6.07) is 3.80. The van der Waals surface area contributed by atoms with Gasteiger partial charge in [0.2, 0.25) is 0 Å². The third-order valence-electron chi connectivity index (χ3n) is 1.41. The van der Waals surface area contributed by atoms with Gasteiger partial charge in [0, 0.05) is 18.0 Å². The summed E-state index contributed by atoms with van der Waals surface area (Å²) >= 11 is 0. The zero-order valence-corrected chi connectivity index (χ0v) is 8.37. The van der Waals surface area contributed by atoms with E-state index in [9.17, 15) is 0 Å². The third-order valence-corrected chi connectivity index (χ3v) is 1.41. The van der Waals surface area contributed by atoms with Crippen molar-refractivity contribution in [3.8, 4) is 0 Å². The zero-order chi connectivity index (χ0) is 9.90. The molecule has 1 rings (SSSR count). The molecule has 1 aromatic heterocycles. The molecule has 0 aliphatic carbocycles. The molecule has 1 heterocycles. The van der Waals surface area contributed by atoms with Gasteiger partial charge in [0.05, 0.1) is 0 Å². The molecule has 0 atom stereocenters. The molecule has 0 saturated heterocycles. The minimum absolute atomic E-state index is 0.201. The monoisotopic (exact) mass is 177 g/mol. The van der Waals surface area contributed by atoms with Gasteiger partial charge in [0.1, 0.15) is 11.4 Å². The molecule has 0 spiro atoms. The molecule has 0 aromatic carbocycles. The van der Waals surface area contributed by atoms with Gasteiger partial charge in [-0.2, -0.15) is 0 Å². The number of hydrogen-bond donors (Lipinski definition) is 0. The summed E-state index contributed by atoms with van der Waals surface area (Å²) in [5.74, 6) is 0.667. The first-order valence-corrected chi connectivity index (χ1v) is 4.27. The van der Waals surface area contributed by atoms with Gasteiger partial charge in [-0.25, -0.2) is 0 Å². The topological polar surface area (TPSA) is 22.1 Å². The van der Waals surface area contributed by atoms with E-state index in [0.29, 0.717) is 5.76 Å². The minimum atomic E-state index is -0.201. The van der Waals surface area contributed by atoms with E-state index in [1.54, 1.807) is 12.4 Å². The molecule has 13 heavy (non-hydrogen) atoms. The van der Waals surface area contributed by atoms with Crippen molar-refractivity contribution in [2.45, 2.75) is 26.4 Å². The lowest BCUT2D eigenvalue weighted by atomic mass is 10.2. The summed E-state index contributed by atoms with van der Waals surface area (Å²) in [6.45, 7) is 9.83. The van der Waals surface area contributed by atoms with Crippen LogP contribution in [0.2, 0.25) is 0 Å². The molecule has 0 fully saturated rings. The summed E-state index contributed by atoms with van der Waals surface area (Å²) in [7, 11) is 0. The summed E-state index contributed by atoms with van der Waals surface area (Å²) in [6.07, 6.45) is 3.47. The van der Waals surface area contributed by atoms with Gasteiger partial charge in [-0.3, -0.25) is 4.98 Å². The molecule has 0 aliphatic heterocycles. The highest BCUT2D eigenvalue weighted by atomic mass is 16.5. The van der Waals surface area contributed by atoms with Crippen LogP contribution >= 0.6 is 0 Å². The fraction of sp³-hybridized carbons (Fsp3) is 0.364. The first kappa shape index (κ1) is 9.78. The zero-order valence-electron chi connectivity index (χ0n) is 8.37. The van der Waals surface area contributed by atoms with E-state index in [4.69, 9.17) is 4.74 Å². The Kier molecular flexibility index (Phi) is 2.71. The molecule has 0 amide bonds. The summed E-state index contributed by atoms with van der Waals surface area (Å²) in [4.78, 5) is 3.99. The highest BCUT2D eigenvalue weighted by Gasteiger charge is 2.13. The molecule has 0 N–H and O–H groups in total. The van der Waals surface area contributed by atoms with Crippen molar-refractivity contribution in [3.05, 3.63) is 36.7 Å². The molecular formula is C11H15NO. The fourth-order valence-electron chi connectivity index (χ4n) is 0.956. The maximum atomic E-state index is 5.59. The maximum absolute atomic E-state index is 5.59. The van der Waals surface area contributed by atoms with Crippen molar-refractivity contribution < 1.29 is 4.74 Å². The number of pyridine rings is 1. The summed E-state index contributed by atoms with van der Waals surface area (Å²) < 4.78 is 5.59. The molecule has 2 heteroatoms. The van der Waals surface area contributed by atoms with Crippen LogP contribution in [0.4, 0.5) is 0 Å². The fourth-order valence-corrected chi connectivity index (χ4v) is 0.956. The van der Waals surface area contributed by atoms with Crippen molar-refractivity contribution in [3.63, 3.8) is 0 Å². The third kappa shape index (κ3) is 3.28. The number of nitrogens with zero attached hydrogens (tertiary/aromatic N) is 1. The molecule has 0 aliphatic rings. The van der Waals surface area contributed by atoms with E-state index in [1.165, 1.54) is 0 Å².